The van der Waals surface area contributed by atoms with Crippen LogP contribution in [-0.4, -0.2) is 85.6 Å². The van der Waals surface area contributed by atoms with Gasteiger partial charge >= 0.3 is 6.09 Å². The highest BCUT2D eigenvalue weighted by Crippen LogP contribution is 2.37. The summed E-state index contributed by atoms with van der Waals surface area (Å²) >= 11 is 0. The van der Waals surface area contributed by atoms with E-state index in [1.54, 1.807) is 5.48 Å². The molecule has 0 aliphatic carbocycles. The van der Waals surface area contributed by atoms with Crippen LogP contribution in [-0.2, 0) is 24.3 Å². The normalized spacial score (nSPS) is 22.8. The first-order valence-electron chi connectivity index (χ1n) is 13.1. The van der Waals surface area contributed by atoms with Crippen LogP contribution in [0.2, 0.25) is 0 Å². The number of hydroxylamine groups is 1. The van der Waals surface area contributed by atoms with Crippen LogP contribution < -0.4 is 5.48 Å². The fourth-order valence-electron chi connectivity index (χ4n) is 5.78. The van der Waals surface area contributed by atoms with Crippen molar-refractivity contribution in [2.45, 2.75) is 63.9 Å². The first-order valence-corrected chi connectivity index (χ1v) is 14.7. The Morgan fingerprint density at radius 1 is 1.08 bits per heavy atom. The Balaban J connectivity index is 1.38. The summed E-state index contributed by atoms with van der Waals surface area (Å²) in [5.74, 6) is -0.830. The van der Waals surface area contributed by atoms with E-state index in [1.807, 2.05) is 19.1 Å². The number of hydrogen-bond acceptors (Lipinski definition) is 7. The van der Waals surface area contributed by atoms with Crippen LogP contribution >= 0.6 is 0 Å². The molecule has 3 aliphatic heterocycles. The van der Waals surface area contributed by atoms with Crippen molar-refractivity contribution in [2.75, 3.05) is 45.1 Å². The molecule has 3 heterocycles. The molecule has 3 aliphatic rings. The summed E-state index contributed by atoms with van der Waals surface area (Å²) in [6, 6.07) is 8.18. The fourth-order valence-corrected chi connectivity index (χ4v) is 7.85. The van der Waals surface area contributed by atoms with E-state index in [0.717, 1.165) is 0 Å². The van der Waals surface area contributed by atoms with Crippen molar-refractivity contribution in [2.24, 2.45) is 5.41 Å². The fraction of sp³-hybridized carbons (Fsp3) is 0.692. The lowest BCUT2D eigenvalue weighted by Crippen LogP contribution is -2.55. The number of ether oxygens (including phenoxy) is 2. The molecule has 4 rings (SSSR count). The molecule has 0 saturated carbocycles. The number of carbonyl (C=O) groups excluding carboxylic acids is 2. The summed E-state index contributed by atoms with van der Waals surface area (Å²) in [5, 5.41) is 9.45. The summed E-state index contributed by atoms with van der Waals surface area (Å²) in [4.78, 5) is 27.1. The first kappa shape index (κ1) is 27.8. The molecule has 1 aromatic carbocycles. The molecule has 3 fully saturated rings. The summed E-state index contributed by atoms with van der Waals surface area (Å²) in [6.07, 6.45) is 2.42. The summed E-state index contributed by atoms with van der Waals surface area (Å²) in [5.41, 5.74) is 2.23. The highest BCUT2D eigenvalue weighted by Gasteiger charge is 2.48. The van der Waals surface area contributed by atoms with E-state index in [0.29, 0.717) is 57.9 Å². The van der Waals surface area contributed by atoms with Gasteiger partial charge in [0.25, 0.3) is 5.91 Å². The Kier molecular flexibility index (Phi) is 8.47. The Bertz CT molecular complexity index is 1070. The highest BCUT2D eigenvalue weighted by atomic mass is 32.2. The van der Waals surface area contributed by atoms with Crippen LogP contribution in [0.5, 0.6) is 0 Å². The van der Waals surface area contributed by atoms with Gasteiger partial charge in [0.1, 0.15) is 5.60 Å². The molecule has 0 atom stereocenters. The second-order valence-electron chi connectivity index (χ2n) is 10.9. The Morgan fingerprint density at radius 3 is 2.30 bits per heavy atom. The van der Waals surface area contributed by atoms with E-state index < -0.39 is 38.8 Å². The number of benzene rings is 1. The number of aryl methyl sites for hydroxylation is 1. The minimum atomic E-state index is -3.77. The third kappa shape index (κ3) is 6.27. The SMILES string of the molecule is Cc1ccccc1C1CCN(S(=O)(=O)CC2(C(=O)NO)CCN(C(=O)OC3(C)CCOCC3)CC2)CC1. The number of nitrogens with one attached hydrogen (secondary N) is 1. The Hall–Kier alpha value is -2.21. The molecular weight excluding hydrogens is 498 g/mol. The van der Waals surface area contributed by atoms with Gasteiger partial charge in [0.05, 0.1) is 24.4 Å². The van der Waals surface area contributed by atoms with Crippen LogP contribution in [0.3, 0.4) is 0 Å². The van der Waals surface area contributed by atoms with E-state index in [1.165, 1.54) is 20.3 Å². The second-order valence-corrected chi connectivity index (χ2v) is 12.9. The molecule has 0 bridgehead atoms. The van der Waals surface area contributed by atoms with Gasteiger partial charge in [0.15, 0.2) is 0 Å². The number of sulfonamides is 1. The van der Waals surface area contributed by atoms with E-state index in [-0.39, 0.29) is 25.9 Å². The molecule has 0 spiro atoms. The van der Waals surface area contributed by atoms with Crippen molar-refractivity contribution in [1.29, 1.82) is 0 Å². The standard InChI is InChI=1S/C26H39N3O7S/c1-20-5-3-4-6-22(20)21-7-13-29(14-8-21)37(33,34)19-26(23(30)27-32)9-15-28(16-10-26)24(31)36-25(2)11-17-35-18-12-25/h3-6,21,32H,7-19H2,1-2H3,(H,27,30). The molecule has 2 N–H and O–H groups in total. The smallest absolute Gasteiger partial charge is 0.410 e. The first-order chi connectivity index (χ1) is 17.6. The molecule has 206 valence electrons. The molecule has 0 unspecified atom stereocenters. The number of likely N-dealkylation sites (tertiary alicyclic amines) is 1. The average molecular weight is 538 g/mol. The zero-order valence-corrected chi connectivity index (χ0v) is 22.6. The number of carbonyl (C=O) groups is 2. The lowest BCUT2D eigenvalue weighted by atomic mass is 9.79. The number of amides is 2. The number of hydrogen-bond donors (Lipinski definition) is 2. The highest BCUT2D eigenvalue weighted by molar-refractivity contribution is 7.89. The summed E-state index contributed by atoms with van der Waals surface area (Å²) in [7, 11) is -3.77. The molecule has 1 aromatic rings. The molecule has 37 heavy (non-hydrogen) atoms. The van der Waals surface area contributed by atoms with Crippen molar-refractivity contribution >= 4 is 22.0 Å². The number of rotatable bonds is 6. The molecular formula is C26H39N3O7S. The Labute approximate surface area is 219 Å². The third-order valence-electron chi connectivity index (χ3n) is 8.38. The predicted molar refractivity (Wildman–Crippen MR) is 137 cm³/mol. The Morgan fingerprint density at radius 2 is 1.70 bits per heavy atom. The van der Waals surface area contributed by atoms with Crippen molar-refractivity contribution in [3.8, 4) is 0 Å². The van der Waals surface area contributed by atoms with Gasteiger partial charge in [-0.15, -0.1) is 0 Å². The number of nitrogens with zero attached hydrogens (tertiary/aromatic N) is 2. The van der Waals surface area contributed by atoms with Crippen LogP contribution in [0.15, 0.2) is 24.3 Å². The maximum atomic E-state index is 13.5. The van der Waals surface area contributed by atoms with Crippen molar-refractivity contribution < 1.29 is 32.7 Å². The van der Waals surface area contributed by atoms with Gasteiger partial charge in [-0.3, -0.25) is 10.0 Å². The zero-order valence-electron chi connectivity index (χ0n) is 21.8. The van der Waals surface area contributed by atoms with Crippen LogP contribution in [0, 0.1) is 12.3 Å². The van der Waals surface area contributed by atoms with Gasteiger partial charge in [0, 0.05) is 39.0 Å². The lowest BCUT2D eigenvalue weighted by molar-refractivity contribution is -0.141. The third-order valence-corrected chi connectivity index (χ3v) is 10.4. The average Bonchev–Trinajstić information content (AvgIpc) is 2.89. The lowest BCUT2D eigenvalue weighted by Gasteiger charge is -2.42. The largest absolute Gasteiger partial charge is 0.443 e. The molecule has 11 heteroatoms. The van der Waals surface area contributed by atoms with Gasteiger partial charge in [-0.25, -0.2) is 23.0 Å². The summed E-state index contributed by atoms with van der Waals surface area (Å²) < 4.78 is 39.5. The van der Waals surface area contributed by atoms with Crippen molar-refractivity contribution in [3.05, 3.63) is 35.4 Å². The zero-order chi connectivity index (χ0) is 26.7. The summed E-state index contributed by atoms with van der Waals surface area (Å²) in [6.45, 7) is 6.13. The van der Waals surface area contributed by atoms with E-state index in [9.17, 15) is 23.2 Å². The van der Waals surface area contributed by atoms with Crippen molar-refractivity contribution in [3.63, 3.8) is 0 Å². The second kappa shape index (κ2) is 11.3. The van der Waals surface area contributed by atoms with E-state index in [2.05, 4.69) is 19.1 Å². The predicted octanol–water partition coefficient (Wildman–Crippen LogP) is 2.80. The van der Waals surface area contributed by atoms with Gasteiger partial charge < -0.3 is 14.4 Å². The van der Waals surface area contributed by atoms with Gasteiger partial charge in [0.2, 0.25) is 10.0 Å². The van der Waals surface area contributed by atoms with Gasteiger partial charge in [-0.05, 0) is 56.6 Å². The van der Waals surface area contributed by atoms with Crippen LogP contribution in [0.25, 0.3) is 0 Å². The minimum Gasteiger partial charge on any atom is -0.443 e. The quantitative estimate of drug-likeness (QED) is 0.422. The monoisotopic (exact) mass is 537 g/mol. The minimum absolute atomic E-state index is 0.118. The molecule has 3 saturated heterocycles. The maximum Gasteiger partial charge on any atom is 0.410 e. The maximum absolute atomic E-state index is 13.5. The van der Waals surface area contributed by atoms with Crippen molar-refractivity contribution in [1.82, 2.24) is 14.7 Å². The van der Waals surface area contributed by atoms with Crippen LogP contribution in [0.1, 0.15) is 62.5 Å². The van der Waals surface area contributed by atoms with E-state index >= 15 is 0 Å². The molecule has 2 amide bonds. The molecule has 0 aromatic heterocycles. The van der Waals surface area contributed by atoms with E-state index in [4.69, 9.17) is 9.47 Å². The van der Waals surface area contributed by atoms with Gasteiger partial charge in [-0.2, -0.15) is 0 Å². The topological polar surface area (TPSA) is 125 Å². The van der Waals surface area contributed by atoms with Crippen LogP contribution in [0.4, 0.5) is 4.79 Å². The van der Waals surface area contributed by atoms with Gasteiger partial charge in [-0.1, -0.05) is 24.3 Å². The molecule has 0 radical (unpaired) electrons. The number of piperidine rings is 2. The molecule has 10 nitrogen and oxygen atoms in total.